The van der Waals surface area contributed by atoms with Gasteiger partial charge in [-0.2, -0.15) is 0 Å². The predicted octanol–water partition coefficient (Wildman–Crippen LogP) is 14.3. The molecule has 14 rings (SSSR count). The minimum atomic E-state index is -0.0961. The summed E-state index contributed by atoms with van der Waals surface area (Å²) in [4.78, 5) is 2.54. The molecule has 1 aromatic heterocycles. The predicted molar refractivity (Wildman–Crippen MR) is 236 cm³/mol. The van der Waals surface area contributed by atoms with Crippen LogP contribution in [0.2, 0.25) is 0 Å². The van der Waals surface area contributed by atoms with Gasteiger partial charge >= 0.3 is 0 Å². The molecule has 0 atom stereocenters. The third-order valence-electron chi connectivity index (χ3n) is 15.5. The molecule has 0 amide bonds. The first-order chi connectivity index (χ1) is 28.0. The minimum absolute atomic E-state index is 0.0961. The van der Waals surface area contributed by atoms with Crippen molar-refractivity contribution in [2.24, 2.45) is 23.7 Å². The topological polar surface area (TPSA) is 8.17 Å². The molecule has 0 N–H and O–H groups in total. The Labute approximate surface area is 335 Å². The van der Waals surface area contributed by atoms with Gasteiger partial charge in [0.2, 0.25) is 0 Å². The zero-order chi connectivity index (χ0) is 37.6. The van der Waals surface area contributed by atoms with Crippen LogP contribution < -0.4 is 4.90 Å². The summed E-state index contributed by atoms with van der Waals surface area (Å²) in [5, 5.41) is 2.57. The smallest absolute Gasteiger partial charge is 0.0541 e. The van der Waals surface area contributed by atoms with Gasteiger partial charge < -0.3 is 9.47 Å². The van der Waals surface area contributed by atoms with Gasteiger partial charge in [-0.1, -0.05) is 117 Å². The molecule has 0 saturated heterocycles. The maximum absolute atomic E-state index is 2.57. The molecule has 57 heavy (non-hydrogen) atoms. The van der Waals surface area contributed by atoms with E-state index in [-0.39, 0.29) is 10.8 Å². The van der Waals surface area contributed by atoms with Crippen molar-refractivity contribution in [3.05, 3.63) is 180 Å². The van der Waals surface area contributed by atoms with Crippen LogP contribution in [-0.4, -0.2) is 4.57 Å². The first-order valence-electron chi connectivity index (χ1n) is 21.4. The van der Waals surface area contributed by atoms with Crippen LogP contribution in [0, 0.1) is 23.7 Å². The molecule has 4 saturated carbocycles. The van der Waals surface area contributed by atoms with E-state index in [1.807, 2.05) is 0 Å². The van der Waals surface area contributed by atoms with E-state index < -0.39 is 0 Å². The molecule has 1 heterocycles. The highest BCUT2D eigenvalue weighted by Crippen LogP contribution is 2.69. The third-order valence-corrected chi connectivity index (χ3v) is 15.5. The third kappa shape index (κ3) is 4.21. The fourth-order valence-electron chi connectivity index (χ4n) is 13.5. The molecule has 1 spiro atoms. The van der Waals surface area contributed by atoms with E-state index in [1.165, 1.54) is 104 Å². The summed E-state index contributed by atoms with van der Waals surface area (Å²) in [6.45, 7) is 4.79. The highest BCUT2D eigenvalue weighted by molar-refractivity contribution is 6.09. The van der Waals surface area contributed by atoms with Gasteiger partial charge in [0.25, 0.3) is 0 Å². The Morgan fingerprint density at radius 1 is 0.439 bits per heavy atom. The van der Waals surface area contributed by atoms with Gasteiger partial charge in [0.15, 0.2) is 0 Å². The first kappa shape index (κ1) is 32.2. The van der Waals surface area contributed by atoms with Crippen molar-refractivity contribution in [3.63, 3.8) is 0 Å². The van der Waals surface area contributed by atoms with Crippen LogP contribution in [0.15, 0.2) is 158 Å². The molecule has 0 unspecified atom stereocenters. The van der Waals surface area contributed by atoms with Gasteiger partial charge in [-0.05, 0) is 155 Å². The Morgan fingerprint density at radius 2 is 0.982 bits per heavy atom. The number of fused-ring (bicyclic) bond motifs is 9. The number of rotatable bonds is 4. The van der Waals surface area contributed by atoms with Crippen molar-refractivity contribution >= 4 is 38.9 Å². The number of aromatic nitrogens is 1. The quantitative estimate of drug-likeness (QED) is 0.175. The highest BCUT2D eigenvalue weighted by atomic mass is 15.1. The molecule has 2 heteroatoms. The van der Waals surface area contributed by atoms with E-state index >= 15 is 0 Å². The Hall–Kier alpha value is -5.86. The Balaban J connectivity index is 1.03. The summed E-state index contributed by atoms with van der Waals surface area (Å²) in [5.74, 6) is 3.37. The first-order valence-corrected chi connectivity index (χ1v) is 21.4. The van der Waals surface area contributed by atoms with Crippen LogP contribution in [0.4, 0.5) is 17.1 Å². The second kappa shape index (κ2) is 11.4. The normalized spacial score (nSPS) is 24.2. The van der Waals surface area contributed by atoms with Gasteiger partial charge in [0.05, 0.1) is 11.0 Å². The van der Waals surface area contributed by atoms with Crippen LogP contribution >= 0.6 is 0 Å². The van der Waals surface area contributed by atoms with Crippen molar-refractivity contribution in [1.82, 2.24) is 4.57 Å². The van der Waals surface area contributed by atoms with E-state index in [4.69, 9.17) is 0 Å². The van der Waals surface area contributed by atoms with Crippen LogP contribution in [0.25, 0.3) is 49.7 Å². The molecule has 4 bridgehead atoms. The van der Waals surface area contributed by atoms with E-state index in [2.05, 4.69) is 181 Å². The Bertz CT molecular complexity index is 2900. The lowest BCUT2D eigenvalue weighted by atomic mass is 9.43. The van der Waals surface area contributed by atoms with Crippen LogP contribution in [-0.2, 0) is 10.8 Å². The Kier molecular flexibility index (Phi) is 6.44. The summed E-state index contributed by atoms with van der Waals surface area (Å²) in [6, 6.07) is 60.3. The van der Waals surface area contributed by atoms with Crippen molar-refractivity contribution < 1.29 is 0 Å². The largest absolute Gasteiger partial charge is 0.310 e. The second-order valence-corrected chi connectivity index (χ2v) is 18.6. The molecule has 0 radical (unpaired) electrons. The molecular weight excluding hydrogens is 689 g/mol. The fraction of sp³-hybridized carbons (Fsp3) is 0.236. The zero-order valence-corrected chi connectivity index (χ0v) is 32.8. The van der Waals surface area contributed by atoms with Crippen LogP contribution in [0.1, 0.15) is 68.2 Å². The summed E-state index contributed by atoms with van der Waals surface area (Å²) in [6.07, 6.45) is 7.08. The molecular formula is C55H46N2. The van der Waals surface area contributed by atoms with Crippen molar-refractivity contribution in [3.8, 4) is 27.9 Å². The number of anilines is 3. The lowest BCUT2D eigenvalue weighted by molar-refractivity contribution is -0.0399. The second-order valence-electron chi connectivity index (χ2n) is 18.6. The Morgan fingerprint density at radius 3 is 1.70 bits per heavy atom. The maximum atomic E-state index is 2.57. The molecule has 8 aromatic rings. The number of benzene rings is 7. The molecule has 7 aromatic carbocycles. The monoisotopic (exact) mass is 734 g/mol. The number of hydrogen-bond acceptors (Lipinski definition) is 1. The van der Waals surface area contributed by atoms with Gasteiger partial charge in [-0.25, -0.2) is 0 Å². The van der Waals surface area contributed by atoms with Gasteiger partial charge in [0.1, 0.15) is 0 Å². The molecule has 0 aliphatic heterocycles. The zero-order valence-electron chi connectivity index (χ0n) is 32.8. The molecule has 4 fully saturated rings. The standard InChI is InChI=1S/C55H46N2/c1-54(2)48-18-7-3-14-42(48)44-24-22-41(33-51(44)54)56(38-12-11-13-39(31-38)57-52-20-9-5-16-45(52)46-17-6-10-21-53(46)57)40-23-25-50-47(32-40)43-15-4-8-19-49(43)55(50)36-27-34-26-35(29-36)30-37(55)28-34/h3-25,31-37H,26-30H2,1-2H3. The van der Waals surface area contributed by atoms with Crippen LogP contribution in [0.5, 0.6) is 0 Å². The summed E-state index contributed by atoms with van der Waals surface area (Å²) in [7, 11) is 0. The van der Waals surface area contributed by atoms with Crippen LogP contribution in [0.3, 0.4) is 0 Å². The van der Waals surface area contributed by atoms with Gasteiger partial charge in [-0.3, -0.25) is 0 Å². The lowest BCUT2D eigenvalue weighted by Crippen LogP contribution is -2.55. The molecule has 6 aliphatic carbocycles. The lowest BCUT2D eigenvalue weighted by Gasteiger charge is -2.61. The summed E-state index contributed by atoms with van der Waals surface area (Å²) >= 11 is 0. The van der Waals surface area contributed by atoms with E-state index in [1.54, 1.807) is 11.1 Å². The highest BCUT2D eigenvalue weighted by Gasteiger charge is 2.61. The maximum Gasteiger partial charge on any atom is 0.0541 e. The average Bonchev–Trinajstić information content (AvgIpc) is 3.81. The molecule has 276 valence electrons. The number of nitrogens with zero attached hydrogens (tertiary/aromatic N) is 2. The van der Waals surface area contributed by atoms with Gasteiger partial charge in [0, 0.05) is 44.4 Å². The number of para-hydroxylation sites is 2. The van der Waals surface area contributed by atoms with Gasteiger partial charge in [-0.15, -0.1) is 0 Å². The minimum Gasteiger partial charge on any atom is -0.310 e. The molecule has 2 nitrogen and oxygen atoms in total. The average molecular weight is 735 g/mol. The SMILES string of the molecule is CC1(C)c2ccccc2-c2ccc(N(c3cccc(-n4c5ccccc5c5ccccc54)c3)c3ccc4c(c3)-c3ccccc3C43C4CC5CC(C4)CC3C5)cc21. The van der Waals surface area contributed by atoms with E-state index in [0.717, 1.165) is 29.4 Å². The van der Waals surface area contributed by atoms with Crippen molar-refractivity contribution in [1.29, 1.82) is 0 Å². The molecule has 6 aliphatic rings. The summed E-state index contributed by atoms with van der Waals surface area (Å²) in [5.41, 5.74) is 18.9. The van der Waals surface area contributed by atoms with E-state index in [9.17, 15) is 0 Å². The fourth-order valence-corrected chi connectivity index (χ4v) is 13.5. The number of hydrogen-bond donors (Lipinski definition) is 0. The summed E-state index contributed by atoms with van der Waals surface area (Å²) < 4.78 is 2.45. The van der Waals surface area contributed by atoms with Crippen molar-refractivity contribution in [2.75, 3.05) is 4.90 Å². The van der Waals surface area contributed by atoms with E-state index in [0.29, 0.717) is 0 Å². The van der Waals surface area contributed by atoms with Crippen molar-refractivity contribution in [2.45, 2.75) is 56.8 Å².